The van der Waals surface area contributed by atoms with Crippen molar-refractivity contribution in [1.82, 2.24) is 19.9 Å². The van der Waals surface area contributed by atoms with Crippen molar-refractivity contribution in [3.05, 3.63) is 0 Å². The lowest BCUT2D eigenvalue weighted by Gasteiger charge is -2.39. The fourth-order valence-electron chi connectivity index (χ4n) is 2.41. The molecule has 0 saturated carbocycles. The Morgan fingerprint density at radius 2 is 1.00 bits per heavy atom. The van der Waals surface area contributed by atoms with Crippen LogP contribution in [0.25, 0.3) is 0 Å². The molecule has 0 heterocycles. The summed E-state index contributed by atoms with van der Waals surface area (Å²) in [5.74, 6) is 0. The smallest absolute Gasteiger partial charge is 0.143 e. The number of nitrogens with one attached hydrogen (secondary N) is 3. The molecule has 0 atom stereocenters. The molecule has 0 aliphatic rings. The minimum absolute atomic E-state index is 0.456. The van der Waals surface area contributed by atoms with Crippen molar-refractivity contribution < 1.29 is 0 Å². The van der Waals surface area contributed by atoms with E-state index in [2.05, 4.69) is 75.3 Å². The standard InChI is InChI=1S/C15H38N4P/c1-9-11-19(12-10-2)20(16-13(3)4,17-14(5)6)18-15(7)8/h13-18H,9-12H2,1-8H3/q+1. The summed E-state index contributed by atoms with van der Waals surface area (Å²) in [7, 11) is -1.72. The van der Waals surface area contributed by atoms with Crippen LogP contribution >= 0.6 is 7.87 Å². The highest BCUT2D eigenvalue weighted by molar-refractivity contribution is 7.67. The monoisotopic (exact) mass is 305 g/mol. The molecule has 4 nitrogen and oxygen atoms in total. The molecule has 5 heteroatoms. The van der Waals surface area contributed by atoms with E-state index in [1.807, 2.05) is 0 Å². The Morgan fingerprint density at radius 1 is 0.700 bits per heavy atom. The van der Waals surface area contributed by atoms with Gasteiger partial charge in [0.05, 0.1) is 0 Å². The lowest BCUT2D eigenvalue weighted by Crippen LogP contribution is -2.53. The van der Waals surface area contributed by atoms with E-state index < -0.39 is 7.87 Å². The third-order valence-electron chi connectivity index (χ3n) is 2.72. The van der Waals surface area contributed by atoms with E-state index in [1.54, 1.807) is 0 Å². The molecule has 0 aromatic heterocycles. The highest BCUT2D eigenvalue weighted by Crippen LogP contribution is 2.51. The zero-order chi connectivity index (χ0) is 15.8. The molecule has 0 aromatic rings. The number of hydrogen-bond acceptors (Lipinski definition) is 4. The molecule has 0 spiro atoms. The first-order valence-electron chi connectivity index (χ1n) is 8.25. The Labute approximate surface area is 128 Å². The van der Waals surface area contributed by atoms with E-state index in [9.17, 15) is 0 Å². The molecule has 3 N–H and O–H groups in total. The van der Waals surface area contributed by atoms with Crippen molar-refractivity contribution >= 4 is 7.87 Å². The van der Waals surface area contributed by atoms with Gasteiger partial charge in [-0.1, -0.05) is 13.8 Å². The van der Waals surface area contributed by atoms with Crippen LogP contribution in [0, 0.1) is 0 Å². The Kier molecular flexibility index (Phi) is 10.2. The lowest BCUT2D eigenvalue weighted by atomic mass is 10.4. The first-order chi connectivity index (χ1) is 9.27. The maximum Gasteiger partial charge on any atom is 0.301 e. The van der Waals surface area contributed by atoms with Gasteiger partial charge >= 0.3 is 7.87 Å². The number of nitrogens with zero attached hydrogens (tertiary/aromatic N) is 1. The van der Waals surface area contributed by atoms with Crippen molar-refractivity contribution in [2.24, 2.45) is 0 Å². The van der Waals surface area contributed by atoms with Gasteiger partial charge in [-0.15, -0.1) is 19.9 Å². The summed E-state index contributed by atoms with van der Waals surface area (Å²) in [4.78, 5) is 0. The van der Waals surface area contributed by atoms with Gasteiger partial charge in [0, 0.05) is 31.2 Å². The predicted molar refractivity (Wildman–Crippen MR) is 93.9 cm³/mol. The molecule has 0 bridgehead atoms. The minimum atomic E-state index is -1.72. The van der Waals surface area contributed by atoms with Crippen LogP contribution in [0.2, 0.25) is 0 Å². The summed E-state index contributed by atoms with van der Waals surface area (Å²) in [5.41, 5.74) is 0. The van der Waals surface area contributed by atoms with Gasteiger partial charge < -0.3 is 0 Å². The van der Waals surface area contributed by atoms with Crippen LogP contribution in [0.4, 0.5) is 0 Å². The van der Waals surface area contributed by atoms with Crippen molar-refractivity contribution in [2.75, 3.05) is 13.1 Å². The van der Waals surface area contributed by atoms with Crippen molar-refractivity contribution in [3.8, 4) is 0 Å². The molecule has 0 radical (unpaired) electrons. The van der Waals surface area contributed by atoms with Crippen LogP contribution in [0.5, 0.6) is 0 Å². The number of rotatable bonds is 11. The summed E-state index contributed by atoms with van der Waals surface area (Å²) in [6, 6.07) is 1.37. The second-order valence-electron chi connectivity index (χ2n) is 6.44. The van der Waals surface area contributed by atoms with E-state index in [0.717, 1.165) is 13.1 Å². The van der Waals surface area contributed by atoms with Gasteiger partial charge in [-0.2, -0.15) is 0 Å². The highest BCUT2D eigenvalue weighted by Gasteiger charge is 2.47. The Balaban J connectivity index is 5.38. The van der Waals surface area contributed by atoms with E-state index in [0.29, 0.717) is 18.1 Å². The van der Waals surface area contributed by atoms with Gasteiger partial charge in [0.2, 0.25) is 0 Å². The van der Waals surface area contributed by atoms with E-state index in [1.165, 1.54) is 12.8 Å². The minimum Gasteiger partial charge on any atom is -0.143 e. The van der Waals surface area contributed by atoms with Gasteiger partial charge in [-0.05, 0) is 54.4 Å². The summed E-state index contributed by atoms with van der Waals surface area (Å²) in [6.07, 6.45) is 2.36. The largest absolute Gasteiger partial charge is 0.301 e. The van der Waals surface area contributed by atoms with Gasteiger partial charge in [0.25, 0.3) is 0 Å². The average Bonchev–Trinajstić information content (AvgIpc) is 2.25. The first kappa shape index (κ1) is 20.3. The summed E-state index contributed by atoms with van der Waals surface area (Å²) in [6.45, 7) is 20.2. The third-order valence-corrected chi connectivity index (χ3v) is 6.64. The van der Waals surface area contributed by atoms with Gasteiger partial charge in [0.1, 0.15) is 0 Å². The molecule has 0 saturated heterocycles. The topological polar surface area (TPSA) is 39.3 Å². The average molecular weight is 305 g/mol. The molecule has 0 aromatic carbocycles. The van der Waals surface area contributed by atoms with Crippen LogP contribution in [0.15, 0.2) is 0 Å². The Morgan fingerprint density at radius 3 is 1.20 bits per heavy atom. The fourth-order valence-corrected chi connectivity index (χ4v) is 6.36. The molecular weight excluding hydrogens is 267 g/mol. The summed E-state index contributed by atoms with van der Waals surface area (Å²) in [5, 5.41) is 11.5. The highest BCUT2D eigenvalue weighted by atomic mass is 31.2. The van der Waals surface area contributed by atoms with Crippen LogP contribution in [-0.2, 0) is 0 Å². The van der Waals surface area contributed by atoms with Crippen LogP contribution in [-0.4, -0.2) is 35.9 Å². The molecule has 0 fully saturated rings. The second kappa shape index (κ2) is 10.1. The molecule has 122 valence electrons. The molecule has 0 rings (SSSR count). The normalized spacial score (nSPS) is 13.2. The summed E-state index contributed by atoms with van der Waals surface area (Å²) >= 11 is 0. The molecule has 20 heavy (non-hydrogen) atoms. The second-order valence-corrected chi connectivity index (χ2v) is 9.05. The van der Waals surface area contributed by atoms with Crippen molar-refractivity contribution in [2.45, 2.75) is 86.4 Å². The molecule has 0 aliphatic carbocycles. The van der Waals surface area contributed by atoms with Crippen LogP contribution in [0.3, 0.4) is 0 Å². The summed E-state index contributed by atoms with van der Waals surface area (Å²) < 4.78 is 2.62. The van der Waals surface area contributed by atoms with E-state index in [-0.39, 0.29) is 0 Å². The molecule has 0 unspecified atom stereocenters. The Hall–Kier alpha value is 0.270. The van der Waals surface area contributed by atoms with Crippen LogP contribution < -0.4 is 15.3 Å². The number of hydrogen-bond donors (Lipinski definition) is 3. The van der Waals surface area contributed by atoms with Crippen molar-refractivity contribution in [3.63, 3.8) is 0 Å². The first-order valence-corrected chi connectivity index (χ1v) is 9.99. The zero-order valence-corrected chi connectivity index (χ0v) is 15.8. The van der Waals surface area contributed by atoms with Crippen LogP contribution in [0.1, 0.15) is 68.2 Å². The third kappa shape index (κ3) is 7.33. The zero-order valence-electron chi connectivity index (χ0n) is 15.0. The SMILES string of the molecule is CCCN(CCC)[P+](NC(C)C)(NC(C)C)NC(C)C. The van der Waals surface area contributed by atoms with Gasteiger partial charge in [-0.25, -0.2) is 0 Å². The van der Waals surface area contributed by atoms with Crippen molar-refractivity contribution in [1.29, 1.82) is 0 Å². The Bertz CT molecular complexity index is 211. The fraction of sp³-hybridized carbons (Fsp3) is 1.00. The quantitative estimate of drug-likeness (QED) is 0.508. The molecule has 0 amide bonds. The van der Waals surface area contributed by atoms with Gasteiger partial charge in [0.15, 0.2) is 0 Å². The maximum absolute atomic E-state index is 3.84. The molecular formula is C15H38N4P+. The van der Waals surface area contributed by atoms with E-state index in [4.69, 9.17) is 0 Å². The maximum atomic E-state index is 3.84. The molecule has 0 aliphatic heterocycles. The predicted octanol–water partition coefficient (Wildman–Crippen LogP) is 3.78. The van der Waals surface area contributed by atoms with E-state index >= 15 is 0 Å². The lowest BCUT2D eigenvalue weighted by molar-refractivity contribution is 0.408. The van der Waals surface area contributed by atoms with Gasteiger partial charge in [-0.3, -0.25) is 0 Å².